The molecule has 1 N–H and O–H groups in total. The Hall–Kier alpha value is -0.890. The Morgan fingerprint density at radius 1 is 1.61 bits per heavy atom. The van der Waals surface area contributed by atoms with Crippen LogP contribution in [0.25, 0.3) is 0 Å². The molecule has 2 atom stereocenters. The molecule has 0 aliphatic carbocycles. The SMILES string of the molecule is CC(C)(C)[S+]([O-])N=C[C@@H]1CC(F)(F)CN1C(=O)O. The second-order valence-corrected chi connectivity index (χ2v) is 7.09. The normalized spacial score (nSPS) is 25.7. The van der Waals surface area contributed by atoms with Crippen LogP contribution < -0.4 is 0 Å². The van der Waals surface area contributed by atoms with Crippen LogP contribution in [0.3, 0.4) is 0 Å². The van der Waals surface area contributed by atoms with E-state index in [0.29, 0.717) is 4.90 Å². The number of carbonyl (C=O) groups is 1. The van der Waals surface area contributed by atoms with Crippen molar-refractivity contribution >= 4 is 23.7 Å². The highest BCUT2D eigenvalue weighted by Gasteiger charge is 2.47. The summed E-state index contributed by atoms with van der Waals surface area (Å²) in [5, 5.41) is 8.80. The van der Waals surface area contributed by atoms with E-state index in [1.54, 1.807) is 20.8 Å². The minimum absolute atomic E-state index is 0.605. The summed E-state index contributed by atoms with van der Waals surface area (Å²) in [5.74, 6) is -3.06. The molecular formula is C10H16F2N2O3S. The van der Waals surface area contributed by atoms with Gasteiger partial charge in [0, 0.05) is 6.42 Å². The van der Waals surface area contributed by atoms with Crippen LogP contribution in [0, 0.1) is 0 Å². The van der Waals surface area contributed by atoms with Crippen LogP contribution in [0.1, 0.15) is 27.2 Å². The van der Waals surface area contributed by atoms with Crippen molar-refractivity contribution in [2.45, 2.75) is 43.9 Å². The van der Waals surface area contributed by atoms with E-state index in [2.05, 4.69) is 4.40 Å². The van der Waals surface area contributed by atoms with Crippen molar-refractivity contribution in [2.75, 3.05) is 6.54 Å². The van der Waals surface area contributed by atoms with E-state index in [9.17, 15) is 18.1 Å². The zero-order chi connectivity index (χ0) is 14.1. The monoisotopic (exact) mass is 282 g/mol. The molecular weight excluding hydrogens is 266 g/mol. The molecule has 8 heteroatoms. The van der Waals surface area contributed by atoms with Crippen LogP contribution in [0.5, 0.6) is 0 Å². The third kappa shape index (κ3) is 3.81. The van der Waals surface area contributed by atoms with Gasteiger partial charge >= 0.3 is 6.09 Å². The first-order valence-electron chi connectivity index (χ1n) is 5.36. The number of carboxylic acid groups (broad SMARTS) is 1. The van der Waals surface area contributed by atoms with E-state index >= 15 is 0 Å². The number of alkyl halides is 2. The lowest BCUT2D eigenvalue weighted by Crippen LogP contribution is -2.36. The number of halogens is 2. The lowest BCUT2D eigenvalue weighted by molar-refractivity contribution is 0.0128. The molecule has 5 nitrogen and oxygen atoms in total. The van der Waals surface area contributed by atoms with Crippen molar-refractivity contribution in [3.63, 3.8) is 0 Å². The van der Waals surface area contributed by atoms with E-state index in [-0.39, 0.29) is 0 Å². The highest BCUT2D eigenvalue weighted by atomic mass is 32.2. The fourth-order valence-corrected chi connectivity index (χ4v) is 2.04. The van der Waals surface area contributed by atoms with E-state index in [0.717, 1.165) is 6.21 Å². The van der Waals surface area contributed by atoms with Gasteiger partial charge in [0.1, 0.15) is 16.1 Å². The summed E-state index contributed by atoms with van der Waals surface area (Å²) in [5.41, 5.74) is 0. The Bertz CT molecular complexity index is 358. The number of hydrogen-bond donors (Lipinski definition) is 1. The maximum atomic E-state index is 13.1. The summed E-state index contributed by atoms with van der Waals surface area (Å²) in [4.78, 5) is 11.4. The fourth-order valence-electron chi connectivity index (χ4n) is 1.47. The average molecular weight is 282 g/mol. The highest BCUT2D eigenvalue weighted by molar-refractivity contribution is 7.91. The number of rotatable bonds is 2. The van der Waals surface area contributed by atoms with Crippen molar-refractivity contribution in [3.8, 4) is 0 Å². The smallest absolute Gasteiger partial charge is 0.408 e. The summed E-state index contributed by atoms with van der Waals surface area (Å²) in [6, 6.07) is -1.02. The standard InChI is InChI=1S/C10H16F2N2O3S/c1-9(2,3)18(17)13-5-7-4-10(11,12)6-14(7)8(15)16/h5,7H,4,6H2,1-3H3,(H,15,16)/t7-,18?/m0/s1. The van der Waals surface area contributed by atoms with E-state index in [1.807, 2.05) is 0 Å². The number of hydrogen-bond acceptors (Lipinski definition) is 3. The molecule has 1 unspecified atom stereocenters. The first-order chi connectivity index (χ1) is 8.03. The van der Waals surface area contributed by atoms with E-state index in [4.69, 9.17) is 5.11 Å². The van der Waals surface area contributed by atoms with Crippen LogP contribution >= 0.6 is 0 Å². The van der Waals surface area contributed by atoms with Crippen molar-refractivity contribution in [1.82, 2.24) is 4.90 Å². The quantitative estimate of drug-likeness (QED) is 0.621. The molecule has 0 saturated carbocycles. The van der Waals surface area contributed by atoms with Crippen LogP contribution in [0.15, 0.2) is 4.40 Å². The predicted octanol–water partition coefficient (Wildman–Crippen LogP) is 1.91. The zero-order valence-electron chi connectivity index (χ0n) is 10.4. The third-order valence-corrected chi connectivity index (χ3v) is 3.77. The van der Waals surface area contributed by atoms with Crippen molar-refractivity contribution in [3.05, 3.63) is 0 Å². The third-order valence-electron chi connectivity index (χ3n) is 2.41. The molecule has 1 amide bonds. The summed E-state index contributed by atoms with van der Waals surface area (Å²) < 4.78 is 40.9. The Kier molecular flexibility index (Phi) is 4.22. The van der Waals surface area contributed by atoms with Gasteiger partial charge < -0.3 is 9.66 Å². The number of amides is 1. The van der Waals surface area contributed by atoms with Gasteiger partial charge in [-0.1, -0.05) is 4.40 Å². The molecule has 0 aromatic heterocycles. The number of nitrogens with zero attached hydrogens (tertiary/aromatic N) is 2. The Balaban J connectivity index is 2.76. The number of likely N-dealkylation sites (tertiary alicyclic amines) is 1. The maximum Gasteiger partial charge on any atom is 0.408 e. The molecule has 0 aromatic carbocycles. The Labute approximate surface area is 107 Å². The van der Waals surface area contributed by atoms with Gasteiger partial charge in [-0.25, -0.2) is 13.6 Å². The maximum absolute atomic E-state index is 13.1. The minimum Gasteiger partial charge on any atom is -0.591 e. The Morgan fingerprint density at radius 3 is 2.61 bits per heavy atom. The topological polar surface area (TPSA) is 76.0 Å². The first kappa shape index (κ1) is 15.2. The summed E-state index contributed by atoms with van der Waals surface area (Å²) in [6.45, 7) is 4.23. The molecule has 1 heterocycles. The molecule has 0 spiro atoms. The molecule has 104 valence electrons. The molecule has 18 heavy (non-hydrogen) atoms. The second-order valence-electron chi connectivity index (χ2n) is 5.15. The lowest BCUT2D eigenvalue weighted by atomic mass is 10.2. The van der Waals surface area contributed by atoms with Gasteiger partial charge in [0.2, 0.25) is 0 Å². The summed E-state index contributed by atoms with van der Waals surface area (Å²) in [6.07, 6.45) is -0.995. The van der Waals surface area contributed by atoms with E-state index < -0.39 is 47.1 Å². The predicted molar refractivity (Wildman–Crippen MR) is 64.5 cm³/mol. The molecule has 1 fully saturated rings. The van der Waals surface area contributed by atoms with Gasteiger partial charge in [0.15, 0.2) is 0 Å². The lowest BCUT2D eigenvalue weighted by Gasteiger charge is -2.20. The summed E-state index contributed by atoms with van der Waals surface area (Å²) in [7, 11) is 0. The first-order valence-corrected chi connectivity index (χ1v) is 6.47. The average Bonchev–Trinajstić information content (AvgIpc) is 2.49. The van der Waals surface area contributed by atoms with Gasteiger partial charge in [-0.15, -0.1) is 0 Å². The largest absolute Gasteiger partial charge is 0.591 e. The molecule has 1 aliphatic heterocycles. The van der Waals surface area contributed by atoms with Gasteiger partial charge in [0.05, 0.1) is 18.8 Å². The van der Waals surface area contributed by atoms with Gasteiger partial charge in [0.25, 0.3) is 5.92 Å². The van der Waals surface area contributed by atoms with Crippen molar-refractivity contribution in [2.24, 2.45) is 4.40 Å². The molecule has 0 radical (unpaired) electrons. The van der Waals surface area contributed by atoms with Gasteiger partial charge in [-0.3, -0.25) is 4.90 Å². The van der Waals surface area contributed by atoms with Crippen LogP contribution in [0.4, 0.5) is 13.6 Å². The van der Waals surface area contributed by atoms with Crippen LogP contribution in [-0.2, 0) is 11.4 Å². The van der Waals surface area contributed by atoms with Crippen molar-refractivity contribution in [1.29, 1.82) is 0 Å². The van der Waals surface area contributed by atoms with Gasteiger partial charge in [-0.05, 0) is 20.8 Å². The minimum atomic E-state index is -3.06. The highest BCUT2D eigenvalue weighted by Crippen LogP contribution is 2.31. The molecule has 1 saturated heterocycles. The molecule has 0 bridgehead atoms. The molecule has 1 rings (SSSR count). The van der Waals surface area contributed by atoms with Crippen LogP contribution in [0.2, 0.25) is 0 Å². The van der Waals surface area contributed by atoms with Crippen molar-refractivity contribution < 1.29 is 23.2 Å². The van der Waals surface area contributed by atoms with Gasteiger partial charge in [-0.2, -0.15) is 0 Å². The molecule has 0 aromatic rings. The summed E-state index contributed by atoms with van der Waals surface area (Å²) >= 11 is -1.58. The van der Waals surface area contributed by atoms with E-state index in [1.165, 1.54) is 0 Å². The Morgan fingerprint density at radius 2 is 2.17 bits per heavy atom. The fraction of sp³-hybridized carbons (Fsp3) is 0.800. The zero-order valence-corrected chi connectivity index (χ0v) is 11.2. The second kappa shape index (κ2) is 5.00. The van der Waals surface area contributed by atoms with Crippen LogP contribution in [-0.4, -0.2) is 50.1 Å². The molecule has 1 aliphatic rings.